The zero-order valence-corrected chi connectivity index (χ0v) is 18.7. The number of amides is 1. The van der Waals surface area contributed by atoms with Gasteiger partial charge in [-0.1, -0.05) is 60.2 Å². The number of carbonyl (C=O) groups excluding carboxylic acids is 1. The van der Waals surface area contributed by atoms with Crippen LogP contribution in [0.25, 0.3) is 21.9 Å². The number of carbonyl (C=O) groups is 1. The van der Waals surface area contributed by atoms with Crippen LogP contribution < -0.4 is 10.9 Å². The quantitative estimate of drug-likeness (QED) is 0.419. The Balaban J connectivity index is 1.53. The molecule has 0 atom stereocenters. The summed E-state index contributed by atoms with van der Waals surface area (Å²) in [7, 11) is 0. The average molecular weight is 455 g/mol. The number of hydrogen-bond acceptors (Lipinski definition) is 3. The van der Waals surface area contributed by atoms with Gasteiger partial charge in [0.2, 0.25) is 5.91 Å². The Morgan fingerprint density at radius 2 is 1.76 bits per heavy atom. The number of halogens is 1. The first-order chi connectivity index (χ1) is 16.5. The molecular weight excluding hydrogens is 431 g/mol. The Hall–Kier alpha value is -4.26. The maximum absolute atomic E-state index is 14.0. The molecule has 7 heteroatoms. The van der Waals surface area contributed by atoms with Gasteiger partial charge in [-0.2, -0.15) is 0 Å². The lowest BCUT2D eigenvalue weighted by Gasteiger charge is -2.10. The second-order valence-corrected chi connectivity index (χ2v) is 8.37. The van der Waals surface area contributed by atoms with Crippen LogP contribution in [-0.4, -0.2) is 20.0 Å². The summed E-state index contributed by atoms with van der Waals surface area (Å²) in [4.78, 5) is 30.8. The van der Waals surface area contributed by atoms with Crippen molar-refractivity contribution in [3.05, 3.63) is 112 Å². The average Bonchev–Trinajstić information content (AvgIpc) is 3.14. The molecule has 0 saturated heterocycles. The van der Waals surface area contributed by atoms with E-state index in [9.17, 15) is 14.0 Å². The number of fused-ring (bicyclic) bond motifs is 3. The molecule has 3 aromatic carbocycles. The molecule has 0 unspecified atom stereocenters. The maximum Gasteiger partial charge on any atom is 0.278 e. The van der Waals surface area contributed by atoms with Crippen molar-refractivity contribution >= 4 is 27.8 Å². The number of benzene rings is 3. The Kier molecular flexibility index (Phi) is 5.67. The van der Waals surface area contributed by atoms with Crippen molar-refractivity contribution in [2.75, 3.05) is 0 Å². The Labute approximate surface area is 195 Å². The summed E-state index contributed by atoms with van der Waals surface area (Å²) < 4.78 is 17.2. The fraction of sp³-hybridized carbons (Fsp3) is 0.148. The smallest absolute Gasteiger partial charge is 0.278 e. The predicted octanol–water partition coefficient (Wildman–Crippen LogP) is 4.16. The number of rotatable bonds is 6. The molecule has 5 aromatic rings. The van der Waals surface area contributed by atoms with E-state index in [-0.39, 0.29) is 23.5 Å². The van der Waals surface area contributed by atoms with Crippen molar-refractivity contribution < 1.29 is 9.18 Å². The minimum Gasteiger partial charge on any atom is -0.350 e. The monoisotopic (exact) mass is 454 g/mol. The largest absolute Gasteiger partial charge is 0.350 e. The van der Waals surface area contributed by atoms with Crippen molar-refractivity contribution in [2.24, 2.45) is 0 Å². The highest BCUT2D eigenvalue weighted by atomic mass is 19.1. The van der Waals surface area contributed by atoms with Crippen LogP contribution in [0.15, 0.2) is 83.9 Å². The SMILES string of the molecule is Cc1ccc(CNC(=O)Cn2c3ccc(F)cc3c3ncn(Cc4ccccc4)c(=O)c32)cc1. The third-order valence-corrected chi connectivity index (χ3v) is 5.90. The maximum atomic E-state index is 14.0. The first kappa shape index (κ1) is 21.6. The van der Waals surface area contributed by atoms with Gasteiger partial charge < -0.3 is 9.88 Å². The fourth-order valence-electron chi connectivity index (χ4n) is 4.14. The summed E-state index contributed by atoms with van der Waals surface area (Å²) in [5, 5.41) is 3.41. The highest BCUT2D eigenvalue weighted by Crippen LogP contribution is 2.26. The number of aryl methyl sites for hydroxylation is 1. The second-order valence-electron chi connectivity index (χ2n) is 8.37. The Morgan fingerprint density at radius 1 is 1.00 bits per heavy atom. The molecule has 170 valence electrons. The van der Waals surface area contributed by atoms with Crippen LogP contribution in [0, 0.1) is 12.7 Å². The van der Waals surface area contributed by atoms with Gasteiger partial charge in [-0.3, -0.25) is 14.2 Å². The third-order valence-electron chi connectivity index (χ3n) is 5.90. The molecule has 0 radical (unpaired) electrons. The molecule has 1 N–H and O–H groups in total. The minimum absolute atomic E-state index is 0.0796. The van der Waals surface area contributed by atoms with E-state index in [0.29, 0.717) is 29.5 Å². The van der Waals surface area contributed by atoms with Crippen LogP contribution in [0.5, 0.6) is 0 Å². The van der Waals surface area contributed by atoms with E-state index >= 15 is 0 Å². The number of aromatic nitrogens is 3. The molecule has 1 amide bonds. The predicted molar refractivity (Wildman–Crippen MR) is 130 cm³/mol. The van der Waals surface area contributed by atoms with Crippen molar-refractivity contribution in [2.45, 2.75) is 26.6 Å². The number of nitrogens with one attached hydrogen (secondary N) is 1. The minimum atomic E-state index is -0.425. The van der Waals surface area contributed by atoms with Crippen LogP contribution in [0.1, 0.15) is 16.7 Å². The molecular formula is C27H23FN4O2. The van der Waals surface area contributed by atoms with Crippen LogP contribution in [0.3, 0.4) is 0 Å². The van der Waals surface area contributed by atoms with Gasteiger partial charge in [-0.25, -0.2) is 9.37 Å². The van der Waals surface area contributed by atoms with Gasteiger partial charge in [0.25, 0.3) is 5.56 Å². The summed E-state index contributed by atoms with van der Waals surface area (Å²) in [6.45, 7) is 2.65. The molecule has 0 aliphatic rings. The van der Waals surface area contributed by atoms with E-state index in [1.165, 1.54) is 23.0 Å². The first-order valence-electron chi connectivity index (χ1n) is 11.0. The van der Waals surface area contributed by atoms with Crippen molar-refractivity contribution in [3.8, 4) is 0 Å². The first-order valence-corrected chi connectivity index (χ1v) is 11.0. The van der Waals surface area contributed by atoms with Gasteiger partial charge in [0.15, 0.2) is 0 Å². The molecule has 0 fully saturated rings. The van der Waals surface area contributed by atoms with E-state index in [2.05, 4.69) is 10.3 Å². The van der Waals surface area contributed by atoms with Gasteiger partial charge in [0.05, 0.1) is 18.4 Å². The molecule has 34 heavy (non-hydrogen) atoms. The zero-order valence-electron chi connectivity index (χ0n) is 18.7. The van der Waals surface area contributed by atoms with Crippen molar-refractivity contribution in [1.29, 1.82) is 0 Å². The highest BCUT2D eigenvalue weighted by molar-refractivity contribution is 6.06. The van der Waals surface area contributed by atoms with Gasteiger partial charge >= 0.3 is 0 Å². The van der Waals surface area contributed by atoms with E-state index in [1.807, 2.05) is 61.5 Å². The Morgan fingerprint density at radius 3 is 2.53 bits per heavy atom. The van der Waals surface area contributed by atoms with E-state index in [0.717, 1.165) is 16.7 Å². The summed E-state index contributed by atoms with van der Waals surface area (Å²) in [5.74, 6) is -0.674. The van der Waals surface area contributed by atoms with E-state index in [1.54, 1.807) is 10.6 Å². The molecule has 2 heterocycles. The Bertz CT molecular complexity index is 1550. The molecule has 6 nitrogen and oxygen atoms in total. The summed E-state index contributed by atoms with van der Waals surface area (Å²) >= 11 is 0. The van der Waals surface area contributed by atoms with Crippen molar-refractivity contribution in [3.63, 3.8) is 0 Å². The van der Waals surface area contributed by atoms with Gasteiger partial charge in [-0.05, 0) is 36.2 Å². The molecule has 0 spiro atoms. The third kappa shape index (κ3) is 4.20. The topological polar surface area (TPSA) is 68.9 Å². The lowest BCUT2D eigenvalue weighted by molar-refractivity contribution is -0.121. The van der Waals surface area contributed by atoms with Crippen LogP contribution in [-0.2, 0) is 24.4 Å². The second kappa shape index (κ2) is 8.94. The number of nitrogens with zero attached hydrogens (tertiary/aromatic N) is 3. The lowest BCUT2D eigenvalue weighted by Crippen LogP contribution is -2.29. The zero-order chi connectivity index (χ0) is 23.7. The van der Waals surface area contributed by atoms with Crippen LogP contribution >= 0.6 is 0 Å². The highest BCUT2D eigenvalue weighted by Gasteiger charge is 2.19. The van der Waals surface area contributed by atoms with E-state index < -0.39 is 5.82 Å². The molecule has 0 saturated carbocycles. The summed E-state index contributed by atoms with van der Waals surface area (Å²) in [6, 6.07) is 21.8. The molecule has 0 bridgehead atoms. The van der Waals surface area contributed by atoms with E-state index in [4.69, 9.17) is 0 Å². The molecule has 5 rings (SSSR count). The normalized spacial score (nSPS) is 11.2. The van der Waals surface area contributed by atoms with Crippen LogP contribution in [0.2, 0.25) is 0 Å². The lowest BCUT2D eigenvalue weighted by atomic mass is 10.1. The van der Waals surface area contributed by atoms with Gasteiger partial charge in [-0.15, -0.1) is 0 Å². The fourth-order valence-corrected chi connectivity index (χ4v) is 4.14. The summed E-state index contributed by atoms with van der Waals surface area (Å²) in [5.41, 5.74) is 4.05. The standard InChI is InChI=1S/C27H23FN4O2/c1-18-7-9-19(10-8-18)14-29-24(33)16-32-23-12-11-21(28)13-22(23)25-26(32)27(34)31(17-30-25)15-20-5-3-2-4-6-20/h2-13,17H,14-16H2,1H3,(H,29,33). The van der Waals surface area contributed by atoms with Crippen molar-refractivity contribution in [1.82, 2.24) is 19.4 Å². The van der Waals surface area contributed by atoms with Crippen LogP contribution in [0.4, 0.5) is 4.39 Å². The van der Waals surface area contributed by atoms with Gasteiger partial charge in [0.1, 0.15) is 23.4 Å². The molecule has 2 aromatic heterocycles. The molecule has 0 aliphatic carbocycles. The summed E-state index contributed by atoms with van der Waals surface area (Å²) in [6.07, 6.45) is 1.48. The van der Waals surface area contributed by atoms with Gasteiger partial charge in [0, 0.05) is 11.9 Å². The number of hydrogen-bond donors (Lipinski definition) is 1. The molecule has 0 aliphatic heterocycles.